The third kappa shape index (κ3) is 5.32. The molecule has 0 bridgehead atoms. The maximum atomic E-state index is 12.6. The van der Waals surface area contributed by atoms with Crippen molar-refractivity contribution in [3.8, 4) is 6.07 Å². The Hall–Kier alpha value is -3.69. The number of carbonyl (C=O) groups is 2. The first-order valence-electron chi connectivity index (χ1n) is 10.8. The molecule has 0 aliphatic carbocycles. The van der Waals surface area contributed by atoms with Crippen LogP contribution in [0.25, 0.3) is 10.8 Å². The van der Waals surface area contributed by atoms with E-state index in [0.29, 0.717) is 18.7 Å². The Bertz CT molecular complexity index is 1140. The van der Waals surface area contributed by atoms with E-state index in [0.717, 1.165) is 41.5 Å². The van der Waals surface area contributed by atoms with E-state index < -0.39 is 0 Å². The van der Waals surface area contributed by atoms with Gasteiger partial charge in [0.1, 0.15) is 0 Å². The van der Waals surface area contributed by atoms with Gasteiger partial charge in [0.2, 0.25) is 11.8 Å². The SMILES string of the molecule is N#Cc1ccc(CN2CCN(C(=O)CNC(=O)Cc3cccc4ccccc34)CC2)cc1. The summed E-state index contributed by atoms with van der Waals surface area (Å²) in [6.07, 6.45) is 0.257. The van der Waals surface area contributed by atoms with Gasteiger partial charge in [-0.25, -0.2) is 0 Å². The fourth-order valence-corrected chi connectivity index (χ4v) is 4.07. The summed E-state index contributed by atoms with van der Waals surface area (Å²) < 4.78 is 0. The molecule has 1 aliphatic rings. The smallest absolute Gasteiger partial charge is 0.242 e. The molecular weight excluding hydrogens is 400 g/mol. The Morgan fingerprint density at radius 1 is 0.906 bits per heavy atom. The summed E-state index contributed by atoms with van der Waals surface area (Å²) in [5, 5.41) is 13.9. The second-order valence-electron chi connectivity index (χ2n) is 8.06. The van der Waals surface area contributed by atoms with E-state index >= 15 is 0 Å². The number of piperazine rings is 1. The van der Waals surface area contributed by atoms with E-state index in [1.165, 1.54) is 0 Å². The molecule has 0 saturated carbocycles. The van der Waals surface area contributed by atoms with Gasteiger partial charge >= 0.3 is 0 Å². The fourth-order valence-electron chi connectivity index (χ4n) is 4.07. The van der Waals surface area contributed by atoms with Crippen LogP contribution in [-0.2, 0) is 22.6 Å². The molecule has 0 unspecified atom stereocenters. The molecule has 0 aromatic heterocycles. The molecule has 1 heterocycles. The van der Waals surface area contributed by atoms with E-state index in [1.807, 2.05) is 71.6 Å². The lowest BCUT2D eigenvalue weighted by molar-refractivity contribution is -0.134. The van der Waals surface area contributed by atoms with Crippen molar-refractivity contribution < 1.29 is 9.59 Å². The van der Waals surface area contributed by atoms with Gasteiger partial charge in [0, 0.05) is 32.7 Å². The molecule has 1 saturated heterocycles. The number of nitrogens with zero attached hydrogens (tertiary/aromatic N) is 3. The molecule has 3 aromatic carbocycles. The molecular formula is C26H26N4O2. The Kier molecular flexibility index (Phi) is 6.78. The van der Waals surface area contributed by atoms with Crippen molar-refractivity contribution in [3.63, 3.8) is 0 Å². The van der Waals surface area contributed by atoms with Gasteiger partial charge in [-0.2, -0.15) is 5.26 Å². The van der Waals surface area contributed by atoms with Crippen molar-refractivity contribution in [1.29, 1.82) is 5.26 Å². The van der Waals surface area contributed by atoms with E-state index in [9.17, 15) is 9.59 Å². The van der Waals surface area contributed by atoms with Gasteiger partial charge in [0.05, 0.1) is 24.6 Å². The molecule has 0 atom stereocenters. The second kappa shape index (κ2) is 10.1. The highest BCUT2D eigenvalue weighted by Gasteiger charge is 2.21. The van der Waals surface area contributed by atoms with Crippen molar-refractivity contribution in [2.75, 3.05) is 32.7 Å². The van der Waals surface area contributed by atoms with Crippen molar-refractivity contribution in [2.24, 2.45) is 0 Å². The fraction of sp³-hybridized carbons (Fsp3) is 0.269. The monoisotopic (exact) mass is 426 g/mol. The molecule has 0 radical (unpaired) electrons. The van der Waals surface area contributed by atoms with Crippen molar-refractivity contribution in [2.45, 2.75) is 13.0 Å². The normalized spacial score (nSPS) is 14.2. The number of hydrogen-bond acceptors (Lipinski definition) is 4. The molecule has 6 heteroatoms. The molecule has 32 heavy (non-hydrogen) atoms. The first kappa shape index (κ1) is 21.5. The third-order valence-electron chi connectivity index (χ3n) is 5.88. The number of rotatable bonds is 6. The number of fused-ring (bicyclic) bond motifs is 1. The van der Waals surface area contributed by atoms with Crippen LogP contribution in [0.3, 0.4) is 0 Å². The quantitative estimate of drug-likeness (QED) is 0.658. The summed E-state index contributed by atoms with van der Waals surface area (Å²) in [5.74, 6) is -0.191. The number of nitrogens with one attached hydrogen (secondary N) is 1. The summed E-state index contributed by atoms with van der Waals surface area (Å²) in [7, 11) is 0. The lowest BCUT2D eigenvalue weighted by Crippen LogP contribution is -2.50. The van der Waals surface area contributed by atoms with Gasteiger partial charge in [-0.3, -0.25) is 14.5 Å². The number of nitriles is 1. The van der Waals surface area contributed by atoms with Gasteiger partial charge in [-0.15, -0.1) is 0 Å². The average Bonchev–Trinajstić information content (AvgIpc) is 2.84. The standard InChI is InChI=1S/C26H26N4O2/c27-17-20-8-10-21(11-9-20)19-29-12-14-30(15-13-29)26(32)18-28-25(31)16-23-6-3-5-22-4-1-2-7-24(22)23/h1-11H,12-16,18-19H2,(H,28,31). The third-order valence-corrected chi connectivity index (χ3v) is 5.88. The summed E-state index contributed by atoms with van der Waals surface area (Å²) in [5.41, 5.74) is 2.78. The summed E-state index contributed by atoms with van der Waals surface area (Å²) in [4.78, 5) is 29.1. The van der Waals surface area contributed by atoms with Crippen LogP contribution in [0, 0.1) is 11.3 Å². The van der Waals surface area contributed by atoms with Crippen LogP contribution in [-0.4, -0.2) is 54.3 Å². The van der Waals surface area contributed by atoms with Gasteiger partial charge in [0.25, 0.3) is 0 Å². The molecule has 1 fully saturated rings. The van der Waals surface area contributed by atoms with Gasteiger partial charge < -0.3 is 10.2 Å². The molecule has 1 aliphatic heterocycles. The minimum atomic E-state index is -0.144. The average molecular weight is 427 g/mol. The van der Waals surface area contributed by atoms with Crippen LogP contribution >= 0.6 is 0 Å². The summed E-state index contributed by atoms with van der Waals surface area (Å²) in [6.45, 7) is 3.70. The van der Waals surface area contributed by atoms with Gasteiger partial charge in [0.15, 0.2) is 0 Å². The van der Waals surface area contributed by atoms with E-state index in [-0.39, 0.29) is 24.8 Å². The maximum Gasteiger partial charge on any atom is 0.242 e. The summed E-state index contributed by atoms with van der Waals surface area (Å²) >= 11 is 0. The Labute approximate surface area is 188 Å². The first-order valence-corrected chi connectivity index (χ1v) is 10.8. The van der Waals surface area contributed by atoms with E-state index in [1.54, 1.807) is 0 Å². The van der Waals surface area contributed by atoms with Crippen LogP contribution in [0.15, 0.2) is 66.7 Å². The van der Waals surface area contributed by atoms with Crippen LogP contribution in [0.4, 0.5) is 0 Å². The van der Waals surface area contributed by atoms with Gasteiger partial charge in [-0.05, 0) is 34.0 Å². The number of carbonyl (C=O) groups excluding carboxylic acids is 2. The number of hydrogen-bond donors (Lipinski definition) is 1. The topological polar surface area (TPSA) is 76.4 Å². The Morgan fingerprint density at radius 3 is 2.38 bits per heavy atom. The molecule has 0 spiro atoms. The molecule has 4 rings (SSSR count). The van der Waals surface area contributed by atoms with Crippen LogP contribution in [0.5, 0.6) is 0 Å². The predicted octanol–water partition coefficient (Wildman–Crippen LogP) is 2.71. The summed E-state index contributed by atoms with van der Waals surface area (Å²) in [6, 6.07) is 23.7. The highest BCUT2D eigenvalue weighted by molar-refractivity contribution is 5.91. The highest BCUT2D eigenvalue weighted by atomic mass is 16.2. The van der Waals surface area contributed by atoms with Gasteiger partial charge in [-0.1, -0.05) is 54.6 Å². The number of benzene rings is 3. The van der Waals surface area contributed by atoms with E-state index in [4.69, 9.17) is 5.26 Å². The zero-order valence-corrected chi connectivity index (χ0v) is 18.0. The molecule has 2 amide bonds. The zero-order valence-electron chi connectivity index (χ0n) is 18.0. The lowest BCUT2D eigenvalue weighted by Gasteiger charge is -2.34. The predicted molar refractivity (Wildman–Crippen MR) is 124 cm³/mol. The van der Waals surface area contributed by atoms with Crippen molar-refractivity contribution in [1.82, 2.24) is 15.1 Å². The molecule has 1 N–H and O–H groups in total. The Balaban J connectivity index is 1.22. The van der Waals surface area contributed by atoms with Crippen LogP contribution in [0.1, 0.15) is 16.7 Å². The largest absolute Gasteiger partial charge is 0.347 e. The molecule has 3 aromatic rings. The minimum Gasteiger partial charge on any atom is -0.347 e. The molecule has 6 nitrogen and oxygen atoms in total. The van der Waals surface area contributed by atoms with Crippen molar-refractivity contribution in [3.05, 3.63) is 83.4 Å². The van der Waals surface area contributed by atoms with Crippen LogP contribution < -0.4 is 5.32 Å². The van der Waals surface area contributed by atoms with E-state index in [2.05, 4.69) is 16.3 Å². The molecule has 162 valence electrons. The number of amides is 2. The zero-order chi connectivity index (χ0) is 22.3. The second-order valence-corrected chi connectivity index (χ2v) is 8.06. The maximum absolute atomic E-state index is 12.6. The minimum absolute atomic E-state index is 0.0270. The lowest BCUT2D eigenvalue weighted by atomic mass is 10.0. The first-order chi connectivity index (χ1) is 15.6. The van der Waals surface area contributed by atoms with Crippen LogP contribution in [0.2, 0.25) is 0 Å². The van der Waals surface area contributed by atoms with Crippen molar-refractivity contribution >= 4 is 22.6 Å². The Morgan fingerprint density at radius 2 is 1.62 bits per heavy atom. The highest BCUT2D eigenvalue weighted by Crippen LogP contribution is 2.18.